The fourth-order valence-corrected chi connectivity index (χ4v) is 3.70. The molecule has 1 aromatic heterocycles. The van der Waals surface area contributed by atoms with E-state index >= 15 is 0 Å². The van der Waals surface area contributed by atoms with Crippen molar-refractivity contribution in [2.75, 3.05) is 0 Å². The molecule has 0 aliphatic heterocycles. The van der Waals surface area contributed by atoms with E-state index in [9.17, 15) is 4.79 Å². The zero-order chi connectivity index (χ0) is 18.6. The molecule has 3 aromatic rings. The van der Waals surface area contributed by atoms with E-state index in [1.165, 1.54) is 24.0 Å². The van der Waals surface area contributed by atoms with Gasteiger partial charge in [0.1, 0.15) is 5.69 Å². The molecule has 1 saturated carbocycles. The normalized spacial score (nSPS) is 14.4. The van der Waals surface area contributed by atoms with Crippen molar-refractivity contribution >= 4 is 5.91 Å². The van der Waals surface area contributed by atoms with Crippen molar-refractivity contribution in [3.05, 3.63) is 77.5 Å². The van der Waals surface area contributed by atoms with Gasteiger partial charge in [-0.1, -0.05) is 73.0 Å². The first-order valence-corrected chi connectivity index (χ1v) is 9.68. The van der Waals surface area contributed by atoms with Gasteiger partial charge in [0.15, 0.2) is 0 Å². The summed E-state index contributed by atoms with van der Waals surface area (Å²) in [6.07, 6.45) is 6.42. The molecule has 2 aromatic carbocycles. The van der Waals surface area contributed by atoms with Crippen molar-refractivity contribution in [1.82, 2.24) is 15.1 Å². The molecule has 1 N–H and O–H groups in total. The van der Waals surface area contributed by atoms with E-state index in [0.717, 1.165) is 24.1 Å². The molecular formula is C23H25N3O. The standard InChI is InChI=1S/C23H25N3O/c1-17-11-13-19(14-12-17)22-21(23(27)24-20-9-5-6-10-20)16-26(25-22)15-18-7-3-2-4-8-18/h2-4,7-8,11-14,16,20H,5-6,9-10,15H2,1H3,(H,24,27). The van der Waals surface area contributed by atoms with Gasteiger partial charge in [-0.15, -0.1) is 0 Å². The summed E-state index contributed by atoms with van der Waals surface area (Å²) in [5.74, 6) is -0.0169. The van der Waals surface area contributed by atoms with Crippen molar-refractivity contribution in [3.63, 3.8) is 0 Å². The number of carbonyl (C=O) groups excluding carboxylic acids is 1. The second kappa shape index (κ2) is 7.78. The van der Waals surface area contributed by atoms with Crippen molar-refractivity contribution in [2.24, 2.45) is 0 Å². The Kier molecular flexibility index (Phi) is 5.05. The van der Waals surface area contributed by atoms with Crippen molar-refractivity contribution in [2.45, 2.75) is 45.2 Å². The van der Waals surface area contributed by atoms with Crippen molar-refractivity contribution < 1.29 is 4.79 Å². The Hall–Kier alpha value is -2.88. The molecule has 138 valence electrons. The van der Waals surface area contributed by atoms with Gasteiger partial charge in [0.25, 0.3) is 5.91 Å². The number of carbonyl (C=O) groups is 1. The Labute approximate surface area is 160 Å². The van der Waals surface area contributed by atoms with Gasteiger partial charge in [0.2, 0.25) is 0 Å². The molecule has 1 aliphatic carbocycles. The maximum absolute atomic E-state index is 13.0. The number of nitrogens with zero attached hydrogens (tertiary/aromatic N) is 2. The van der Waals surface area contributed by atoms with E-state index in [0.29, 0.717) is 18.2 Å². The lowest BCUT2D eigenvalue weighted by atomic mass is 10.1. The largest absolute Gasteiger partial charge is 0.349 e. The number of amides is 1. The zero-order valence-electron chi connectivity index (χ0n) is 15.7. The van der Waals surface area contributed by atoms with Crippen LogP contribution in [0.4, 0.5) is 0 Å². The van der Waals surface area contributed by atoms with Crippen LogP contribution >= 0.6 is 0 Å². The highest BCUT2D eigenvalue weighted by molar-refractivity contribution is 6.00. The van der Waals surface area contributed by atoms with Crippen LogP contribution in [0.15, 0.2) is 60.8 Å². The van der Waals surface area contributed by atoms with Crippen LogP contribution in [0.3, 0.4) is 0 Å². The van der Waals surface area contributed by atoms with E-state index in [4.69, 9.17) is 5.10 Å². The highest BCUT2D eigenvalue weighted by Gasteiger charge is 2.22. The highest BCUT2D eigenvalue weighted by Crippen LogP contribution is 2.24. The fraction of sp³-hybridized carbons (Fsp3) is 0.304. The quantitative estimate of drug-likeness (QED) is 0.725. The van der Waals surface area contributed by atoms with E-state index < -0.39 is 0 Å². The molecule has 0 radical (unpaired) electrons. The number of rotatable bonds is 5. The van der Waals surface area contributed by atoms with Gasteiger partial charge in [-0.3, -0.25) is 9.48 Å². The topological polar surface area (TPSA) is 46.9 Å². The molecule has 0 bridgehead atoms. The molecule has 4 rings (SSSR count). The van der Waals surface area contributed by atoms with E-state index in [1.54, 1.807) is 0 Å². The number of aryl methyl sites for hydroxylation is 1. The first-order valence-electron chi connectivity index (χ1n) is 9.68. The lowest BCUT2D eigenvalue weighted by molar-refractivity contribution is 0.0938. The average Bonchev–Trinajstić information content (AvgIpc) is 3.33. The Morgan fingerprint density at radius 2 is 1.78 bits per heavy atom. The maximum atomic E-state index is 13.0. The summed E-state index contributed by atoms with van der Waals surface area (Å²) in [4.78, 5) is 13.0. The van der Waals surface area contributed by atoms with Gasteiger partial charge in [-0.2, -0.15) is 5.10 Å². The maximum Gasteiger partial charge on any atom is 0.255 e. The number of hydrogen-bond donors (Lipinski definition) is 1. The van der Waals surface area contributed by atoms with Gasteiger partial charge in [0.05, 0.1) is 12.1 Å². The molecule has 0 spiro atoms. The second-order valence-corrected chi connectivity index (χ2v) is 7.40. The summed E-state index contributed by atoms with van der Waals surface area (Å²) in [6.45, 7) is 2.71. The van der Waals surface area contributed by atoms with Crippen LogP contribution in [0, 0.1) is 6.92 Å². The van der Waals surface area contributed by atoms with Gasteiger partial charge < -0.3 is 5.32 Å². The number of aromatic nitrogens is 2. The molecule has 1 amide bonds. The summed E-state index contributed by atoms with van der Waals surface area (Å²) < 4.78 is 1.87. The number of hydrogen-bond acceptors (Lipinski definition) is 2. The number of benzene rings is 2. The van der Waals surface area contributed by atoms with Crippen LogP contribution in [-0.2, 0) is 6.54 Å². The minimum atomic E-state index is -0.0169. The Morgan fingerprint density at radius 3 is 2.48 bits per heavy atom. The van der Waals surface area contributed by atoms with Crippen LogP contribution in [0.5, 0.6) is 0 Å². The van der Waals surface area contributed by atoms with Crippen molar-refractivity contribution in [3.8, 4) is 11.3 Å². The Morgan fingerprint density at radius 1 is 1.07 bits per heavy atom. The Balaban J connectivity index is 1.66. The molecule has 27 heavy (non-hydrogen) atoms. The molecule has 4 heteroatoms. The van der Waals surface area contributed by atoms with Crippen molar-refractivity contribution in [1.29, 1.82) is 0 Å². The van der Waals surface area contributed by atoms with Crippen LogP contribution < -0.4 is 5.32 Å². The predicted octanol–water partition coefficient (Wildman–Crippen LogP) is 4.58. The van der Waals surface area contributed by atoms with E-state index in [1.807, 2.05) is 41.2 Å². The first-order chi connectivity index (χ1) is 13.2. The fourth-order valence-electron chi connectivity index (χ4n) is 3.70. The third-order valence-corrected chi connectivity index (χ3v) is 5.21. The summed E-state index contributed by atoms with van der Waals surface area (Å²) >= 11 is 0. The van der Waals surface area contributed by atoms with Crippen LogP contribution in [0.25, 0.3) is 11.3 Å². The molecule has 1 aliphatic rings. The molecule has 1 heterocycles. The summed E-state index contributed by atoms with van der Waals surface area (Å²) in [7, 11) is 0. The average molecular weight is 359 g/mol. The molecular weight excluding hydrogens is 334 g/mol. The summed E-state index contributed by atoms with van der Waals surface area (Å²) in [6, 6.07) is 18.7. The van der Waals surface area contributed by atoms with E-state index in [-0.39, 0.29) is 5.91 Å². The SMILES string of the molecule is Cc1ccc(-c2nn(Cc3ccccc3)cc2C(=O)NC2CCCC2)cc1. The van der Waals surface area contributed by atoms with E-state index in [2.05, 4.69) is 36.5 Å². The molecule has 0 saturated heterocycles. The first kappa shape index (κ1) is 17.5. The third kappa shape index (κ3) is 4.11. The second-order valence-electron chi connectivity index (χ2n) is 7.40. The molecule has 4 nitrogen and oxygen atoms in total. The van der Waals surface area contributed by atoms with Gasteiger partial charge in [-0.25, -0.2) is 0 Å². The summed E-state index contributed by atoms with van der Waals surface area (Å²) in [5, 5.41) is 7.96. The zero-order valence-corrected chi connectivity index (χ0v) is 15.7. The predicted molar refractivity (Wildman–Crippen MR) is 108 cm³/mol. The lowest BCUT2D eigenvalue weighted by Gasteiger charge is -2.11. The molecule has 1 fully saturated rings. The minimum Gasteiger partial charge on any atom is -0.349 e. The van der Waals surface area contributed by atoms with Gasteiger partial charge >= 0.3 is 0 Å². The van der Waals surface area contributed by atoms with Crippen LogP contribution in [0.1, 0.15) is 47.2 Å². The highest BCUT2D eigenvalue weighted by atomic mass is 16.1. The third-order valence-electron chi connectivity index (χ3n) is 5.21. The van der Waals surface area contributed by atoms with Gasteiger partial charge in [-0.05, 0) is 25.3 Å². The molecule has 0 atom stereocenters. The van der Waals surface area contributed by atoms with Crippen LogP contribution in [0.2, 0.25) is 0 Å². The number of nitrogens with one attached hydrogen (secondary N) is 1. The monoisotopic (exact) mass is 359 g/mol. The van der Waals surface area contributed by atoms with Crippen LogP contribution in [-0.4, -0.2) is 21.7 Å². The van der Waals surface area contributed by atoms with Gasteiger partial charge in [0, 0.05) is 17.8 Å². The minimum absolute atomic E-state index is 0.0169. The lowest BCUT2D eigenvalue weighted by Crippen LogP contribution is -2.32. The molecule has 0 unspecified atom stereocenters. The smallest absolute Gasteiger partial charge is 0.255 e. The summed E-state index contributed by atoms with van der Waals surface area (Å²) in [5.41, 5.74) is 4.74. The Bertz CT molecular complexity index is 907.